The van der Waals surface area contributed by atoms with Crippen molar-refractivity contribution in [1.29, 1.82) is 0 Å². The van der Waals surface area contributed by atoms with E-state index in [0.29, 0.717) is 60.2 Å². The zero-order valence-corrected chi connectivity index (χ0v) is 21.1. The number of hydrogen-bond donors (Lipinski definition) is 2. The van der Waals surface area contributed by atoms with Gasteiger partial charge >= 0.3 is 0 Å². The van der Waals surface area contributed by atoms with Crippen LogP contribution in [-0.2, 0) is 32.8 Å². The maximum atomic E-state index is 12.3. The summed E-state index contributed by atoms with van der Waals surface area (Å²) in [5, 5.41) is 2.29. The Balaban J connectivity index is 2.27. The molecular formula is C22H38N2O5S2. The number of carbonyl (C=O) groups excluding carboxylic acids is 1. The smallest absolute Gasteiger partial charge is 0.280 e. The Kier molecular flexibility index (Phi) is 11.1. The molecule has 0 bridgehead atoms. The van der Waals surface area contributed by atoms with Crippen molar-refractivity contribution in [1.82, 2.24) is 5.16 Å². The first-order valence-electron chi connectivity index (χ1n) is 10.6. The third-order valence-electron chi connectivity index (χ3n) is 5.03. The first-order chi connectivity index (χ1) is 14.3. The summed E-state index contributed by atoms with van der Waals surface area (Å²) in [6.45, 7) is 9.80. The summed E-state index contributed by atoms with van der Waals surface area (Å²) < 4.78 is 29.8. The zero-order chi connectivity index (χ0) is 23.7. The lowest BCUT2D eigenvalue weighted by Gasteiger charge is -2.23. The predicted octanol–water partition coefficient (Wildman–Crippen LogP) is 3.05. The Hall–Kier alpha value is -1.48. The van der Waals surface area contributed by atoms with E-state index in [1.165, 1.54) is 12.1 Å². The molecule has 31 heavy (non-hydrogen) atoms. The molecule has 0 radical (unpaired) electrons. The molecule has 9 heteroatoms. The molecule has 0 aromatic carbocycles. The van der Waals surface area contributed by atoms with E-state index in [0.717, 1.165) is 6.42 Å². The number of ketones is 1. The number of hydrogen-bond acceptors (Lipinski definition) is 6. The average Bonchev–Trinajstić information content (AvgIpc) is 3.01. The fraction of sp³-hybridized carbons (Fsp3) is 0.727. The number of rotatable bonds is 15. The van der Waals surface area contributed by atoms with E-state index in [1.54, 1.807) is 6.92 Å². The van der Waals surface area contributed by atoms with Gasteiger partial charge in [-0.2, -0.15) is 5.16 Å². The maximum Gasteiger partial charge on any atom is 0.280 e. The normalized spacial score (nSPS) is 15.1. The van der Waals surface area contributed by atoms with Gasteiger partial charge in [0.2, 0.25) is 0 Å². The standard InChI is InChI=1S/C22H38N2O5S2/c1-17(23)13-18(25)15-21(2,3)7-11-30(27)9-6-10-31(28)12-8-22(4,5)16-19-14-20(26)24-29-19/h13-14H,6-12,15-16,23H2,1-5H3,(H,24,26). The molecule has 1 heterocycles. The SMILES string of the molecule is CC(N)=CC(=O)CC(C)(C)CCS(=O)CCCS(=O)CCC(C)(C)Cc1cc(=O)[nH]o1. The van der Waals surface area contributed by atoms with Crippen LogP contribution in [0.3, 0.4) is 0 Å². The highest BCUT2D eigenvalue weighted by atomic mass is 32.2. The fourth-order valence-electron chi connectivity index (χ4n) is 3.20. The second kappa shape index (κ2) is 12.5. The van der Waals surface area contributed by atoms with Crippen molar-refractivity contribution in [3.8, 4) is 0 Å². The Labute approximate surface area is 190 Å². The number of nitrogens with one attached hydrogen (secondary N) is 1. The summed E-state index contributed by atoms with van der Waals surface area (Å²) in [5.74, 6) is 2.76. The van der Waals surface area contributed by atoms with Gasteiger partial charge in [0.15, 0.2) is 5.78 Å². The van der Waals surface area contributed by atoms with Gasteiger partial charge in [0.25, 0.3) is 5.56 Å². The number of H-pyrrole nitrogens is 1. The van der Waals surface area contributed by atoms with E-state index in [2.05, 4.69) is 19.0 Å². The number of allylic oxidation sites excluding steroid dienone is 2. The van der Waals surface area contributed by atoms with Crippen molar-refractivity contribution in [2.45, 2.75) is 66.7 Å². The summed E-state index contributed by atoms with van der Waals surface area (Å²) in [6, 6.07) is 1.45. The third kappa shape index (κ3) is 12.8. The summed E-state index contributed by atoms with van der Waals surface area (Å²) in [4.78, 5) is 23.1. The molecule has 178 valence electrons. The average molecular weight is 475 g/mol. The lowest BCUT2D eigenvalue weighted by Crippen LogP contribution is -2.21. The van der Waals surface area contributed by atoms with Crippen molar-refractivity contribution in [2.24, 2.45) is 16.6 Å². The Morgan fingerprint density at radius 1 is 1.06 bits per heavy atom. The summed E-state index contributed by atoms with van der Waals surface area (Å²) in [5.41, 5.74) is 5.43. The number of aromatic amines is 1. The fourth-order valence-corrected chi connectivity index (χ4v) is 6.28. The minimum absolute atomic E-state index is 0.00671. The summed E-state index contributed by atoms with van der Waals surface area (Å²) in [7, 11) is -1.95. The topological polar surface area (TPSA) is 123 Å². The van der Waals surface area contributed by atoms with E-state index >= 15 is 0 Å². The quantitative estimate of drug-likeness (QED) is 0.377. The molecule has 1 aromatic heterocycles. The van der Waals surface area contributed by atoms with Gasteiger partial charge in [0, 0.05) is 69.2 Å². The van der Waals surface area contributed by atoms with Gasteiger partial charge in [0.05, 0.1) is 0 Å². The van der Waals surface area contributed by atoms with Crippen molar-refractivity contribution in [3.05, 3.63) is 34.0 Å². The van der Waals surface area contributed by atoms with Crippen LogP contribution in [0, 0.1) is 10.8 Å². The van der Waals surface area contributed by atoms with Crippen LogP contribution in [0.5, 0.6) is 0 Å². The Bertz CT molecular complexity index is 848. The Morgan fingerprint density at radius 3 is 2.10 bits per heavy atom. The lowest BCUT2D eigenvalue weighted by atomic mass is 9.84. The van der Waals surface area contributed by atoms with E-state index < -0.39 is 21.6 Å². The molecule has 0 saturated heterocycles. The van der Waals surface area contributed by atoms with Crippen LogP contribution in [0.1, 0.15) is 66.1 Å². The van der Waals surface area contributed by atoms with Gasteiger partial charge in [-0.25, -0.2) is 0 Å². The van der Waals surface area contributed by atoms with Crippen LogP contribution in [-0.4, -0.2) is 42.4 Å². The monoisotopic (exact) mass is 474 g/mol. The number of nitrogens with two attached hydrogens (primary N) is 1. The van der Waals surface area contributed by atoms with E-state index in [9.17, 15) is 18.0 Å². The molecule has 0 saturated carbocycles. The van der Waals surface area contributed by atoms with Crippen LogP contribution in [0.25, 0.3) is 0 Å². The third-order valence-corrected chi connectivity index (χ3v) is 7.83. The first kappa shape index (κ1) is 27.6. The van der Waals surface area contributed by atoms with Crippen LogP contribution in [0.2, 0.25) is 0 Å². The van der Waals surface area contributed by atoms with Gasteiger partial charge in [-0.3, -0.25) is 18.0 Å². The molecule has 0 amide bonds. The molecule has 1 aromatic rings. The van der Waals surface area contributed by atoms with E-state index in [4.69, 9.17) is 10.3 Å². The van der Waals surface area contributed by atoms with Gasteiger partial charge in [-0.05, 0) is 43.1 Å². The van der Waals surface area contributed by atoms with Crippen molar-refractivity contribution in [3.63, 3.8) is 0 Å². The van der Waals surface area contributed by atoms with Crippen LogP contribution >= 0.6 is 0 Å². The molecule has 0 aliphatic carbocycles. The molecule has 2 unspecified atom stereocenters. The zero-order valence-electron chi connectivity index (χ0n) is 19.5. The van der Waals surface area contributed by atoms with Crippen LogP contribution in [0.4, 0.5) is 0 Å². The van der Waals surface area contributed by atoms with Gasteiger partial charge in [-0.15, -0.1) is 0 Å². The van der Waals surface area contributed by atoms with Crippen molar-refractivity contribution >= 4 is 27.4 Å². The van der Waals surface area contributed by atoms with Crippen molar-refractivity contribution < 1.29 is 17.7 Å². The van der Waals surface area contributed by atoms with Crippen LogP contribution < -0.4 is 11.3 Å². The molecular weight excluding hydrogens is 436 g/mol. The maximum absolute atomic E-state index is 12.3. The minimum Gasteiger partial charge on any atom is -0.402 e. The summed E-state index contributed by atoms with van der Waals surface area (Å²) in [6.07, 6.45) is 4.52. The van der Waals surface area contributed by atoms with Gasteiger partial charge in [-0.1, -0.05) is 27.7 Å². The van der Waals surface area contributed by atoms with Crippen LogP contribution in [0.15, 0.2) is 27.2 Å². The van der Waals surface area contributed by atoms with Gasteiger partial charge < -0.3 is 10.3 Å². The van der Waals surface area contributed by atoms with E-state index in [-0.39, 0.29) is 22.2 Å². The minimum atomic E-state index is -0.985. The number of carbonyl (C=O) groups is 1. The number of aromatic nitrogens is 1. The second-order valence-corrected chi connectivity index (χ2v) is 13.2. The molecule has 1 rings (SSSR count). The largest absolute Gasteiger partial charge is 0.402 e. The van der Waals surface area contributed by atoms with E-state index in [1.807, 2.05) is 13.8 Å². The molecule has 7 nitrogen and oxygen atoms in total. The molecule has 2 atom stereocenters. The highest BCUT2D eigenvalue weighted by molar-refractivity contribution is 7.85. The predicted molar refractivity (Wildman–Crippen MR) is 128 cm³/mol. The Morgan fingerprint density at radius 2 is 1.61 bits per heavy atom. The first-order valence-corrected chi connectivity index (χ1v) is 13.6. The molecule has 0 spiro atoms. The van der Waals surface area contributed by atoms with Gasteiger partial charge in [0.1, 0.15) is 5.76 Å². The highest BCUT2D eigenvalue weighted by Gasteiger charge is 2.23. The second-order valence-electron chi connectivity index (χ2n) is 9.77. The highest BCUT2D eigenvalue weighted by Crippen LogP contribution is 2.27. The molecule has 0 fully saturated rings. The molecule has 0 aliphatic rings. The lowest BCUT2D eigenvalue weighted by molar-refractivity contribution is -0.116. The molecule has 3 N–H and O–H groups in total. The van der Waals surface area contributed by atoms with Crippen molar-refractivity contribution in [2.75, 3.05) is 23.0 Å². The summed E-state index contributed by atoms with van der Waals surface area (Å²) >= 11 is 0. The molecule has 0 aliphatic heterocycles.